The zero-order valence-corrected chi connectivity index (χ0v) is 13.9. The molecule has 2 aromatic rings. The number of nitrogens with zero attached hydrogens (tertiary/aromatic N) is 1. The molecule has 0 fully saturated rings. The first-order valence-corrected chi connectivity index (χ1v) is 8.34. The lowest BCUT2D eigenvalue weighted by molar-refractivity contribution is 0.289. The van der Waals surface area contributed by atoms with Crippen LogP contribution in [0.2, 0.25) is 0 Å². The molecule has 21 heavy (non-hydrogen) atoms. The molecule has 1 aromatic heterocycles. The maximum Gasteiger partial charge on any atom is 0.119 e. The first-order chi connectivity index (χ1) is 10.1. The predicted molar refractivity (Wildman–Crippen MR) is 88.8 cm³/mol. The van der Waals surface area contributed by atoms with E-state index >= 15 is 0 Å². The van der Waals surface area contributed by atoms with Crippen LogP contribution in [0.15, 0.2) is 29.8 Å². The normalized spacial score (nSPS) is 11.0. The van der Waals surface area contributed by atoms with Crippen molar-refractivity contribution in [3.63, 3.8) is 0 Å². The molecule has 0 saturated carbocycles. The van der Waals surface area contributed by atoms with Gasteiger partial charge < -0.3 is 10.1 Å². The third kappa shape index (κ3) is 5.48. The summed E-state index contributed by atoms with van der Waals surface area (Å²) in [4.78, 5) is 5.57. The lowest BCUT2D eigenvalue weighted by atomic mass is 10.1. The van der Waals surface area contributed by atoms with Crippen molar-refractivity contribution in [1.29, 1.82) is 0 Å². The van der Waals surface area contributed by atoms with Crippen LogP contribution in [-0.4, -0.2) is 11.6 Å². The first-order valence-electron chi connectivity index (χ1n) is 7.46. The number of hydrogen-bond donors (Lipinski definition) is 1. The summed E-state index contributed by atoms with van der Waals surface area (Å²) >= 11 is 1.70. The van der Waals surface area contributed by atoms with Crippen molar-refractivity contribution in [1.82, 2.24) is 10.3 Å². The topological polar surface area (TPSA) is 34.2 Å². The largest absolute Gasteiger partial charge is 0.494 e. The molecule has 3 nitrogen and oxygen atoms in total. The van der Waals surface area contributed by atoms with Crippen molar-refractivity contribution in [2.24, 2.45) is 5.92 Å². The number of nitrogens with one attached hydrogen (secondary N) is 1. The molecule has 0 radical (unpaired) electrons. The van der Waals surface area contributed by atoms with Crippen molar-refractivity contribution in [3.8, 4) is 5.75 Å². The average molecular weight is 304 g/mol. The second kappa shape index (κ2) is 8.15. The third-order valence-electron chi connectivity index (χ3n) is 3.35. The Morgan fingerprint density at radius 2 is 1.95 bits per heavy atom. The van der Waals surface area contributed by atoms with Gasteiger partial charge in [-0.05, 0) is 37.0 Å². The number of rotatable bonds is 8. The molecule has 1 aromatic carbocycles. The molecule has 114 valence electrons. The number of thiazole rings is 1. The number of aryl methyl sites for hydroxylation is 1. The molecule has 0 aliphatic carbocycles. The van der Waals surface area contributed by atoms with Gasteiger partial charge in [0, 0.05) is 18.0 Å². The lowest BCUT2D eigenvalue weighted by Crippen LogP contribution is -2.12. The Balaban J connectivity index is 1.73. The van der Waals surface area contributed by atoms with Crippen LogP contribution < -0.4 is 10.1 Å². The summed E-state index contributed by atoms with van der Waals surface area (Å²) in [7, 11) is 0. The van der Waals surface area contributed by atoms with E-state index < -0.39 is 0 Å². The highest BCUT2D eigenvalue weighted by Crippen LogP contribution is 2.14. The SMILES string of the molecule is Cc1ncsc1CNCc1ccc(OCCC(C)C)cc1. The lowest BCUT2D eigenvalue weighted by Gasteiger charge is -2.09. The summed E-state index contributed by atoms with van der Waals surface area (Å²) in [5.41, 5.74) is 4.30. The van der Waals surface area contributed by atoms with E-state index in [2.05, 4.69) is 55.3 Å². The minimum absolute atomic E-state index is 0.684. The Labute approximate surface area is 131 Å². The van der Waals surface area contributed by atoms with E-state index in [0.717, 1.165) is 37.6 Å². The number of aromatic nitrogens is 1. The minimum atomic E-state index is 0.684. The Morgan fingerprint density at radius 3 is 2.57 bits per heavy atom. The number of ether oxygens (including phenoxy) is 1. The fourth-order valence-corrected chi connectivity index (χ4v) is 2.68. The van der Waals surface area contributed by atoms with E-state index in [1.165, 1.54) is 10.4 Å². The summed E-state index contributed by atoms with van der Waals surface area (Å²) in [5, 5.41) is 3.45. The number of benzene rings is 1. The van der Waals surface area contributed by atoms with Gasteiger partial charge in [0.15, 0.2) is 0 Å². The summed E-state index contributed by atoms with van der Waals surface area (Å²) in [5.74, 6) is 1.64. The van der Waals surface area contributed by atoms with Gasteiger partial charge in [0.2, 0.25) is 0 Å². The molecule has 0 atom stereocenters. The quantitative estimate of drug-likeness (QED) is 0.795. The van der Waals surface area contributed by atoms with Crippen molar-refractivity contribution in [2.45, 2.75) is 40.3 Å². The summed E-state index contributed by atoms with van der Waals surface area (Å²) < 4.78 is 5.72. The van der Waals surface area contributed by atoms with Crippen LogP contribution in [0.4, 0.5) is 0 Å². The molecule has 0 spiro atoms. The minimum Gasteiger partial charge on any atom is -0.494 e. The van der Waals surface area contributed by atoms with Crippen molar-refractivity contribution in [3.05, 3.63) is 45.9 Å². The van der Waals surface area contributed by atoms with Crippen molar-refractivity contribution in [2.75, 3.05) is 6.61 Å². The van der Waals surface area contributed by atoms with E-state index in [9.17, 15) is 0 Å². The third-order valence-corrected chi connectivity index (χ3v) is 4.28. The van der Waals surface area contributed by atoms with Crippen LogP contribution >= 0.6 is 11.3 Å². The van der Waals surface area contributed by atoms with E-state index in [1.807, 2.05) is 5.51 Å². The van der Waals surface area contributed by atoms with Gasteiger partial charge in [0.05, 0.1) is 17.8 Å². The highest BCUT2D eigenvalue weighted by molar-refractivity contribution is 7.09. The van der Waals surface area contributed by atoms with Gasteiger partial charge in [-0.3, -0.25) is 0 Å². The smallest absolute Gasteiger partial charge is 0.119 e. The fourth-order valence-electron chi connectivity index (χ4n) is 1.93. The molecule has 2 rings (SSSR count). The predicted octanol–water partition coefficient (Wildman–Crippen LogP) is 4.17. The second-order valence-corrected chi connectivity index (χ2v) is 6.58. The Hall–Kier alpha value is -1.39. The fraction of sp³-hybridized carbons (Fsp3) is 0.471. The van der Waals surface area contributed by atoms with Gasteiger partial charge >= 0.3 is 0 Å². The van der Waals surface area contributed by atoms with Gasteiger partial charge in [0.1, 0.15) is 5.75 Å². The zero-order chi connectivity index (χ0) is 15.1. The maximum absolute atomic E-state index is 5.72. The molecule has 0 bridgehead atoms. The van der Waals surface area contributed by atoms with Crippen LogP contribution in [-0.2, 0) is 13.1 Å². The van der Waals surface area contributed by atoms with Crippen LogP contribution in [0, 0.1) is 12.8 Å². The molecule has 1 N–H and O–H groups in total. The van der Waals surface area contributed by atoms with E-state index in [1.54, 1.807) is 11.3 Å². The van der Waals surface area contributed by atoms with Gasteiger partial charge in [-0.15, -0.1) is 11.3 Å². The van der Waals surface area contributed by atoms with Crippen LogP contribution in [0.25, 0.3) is 0 Å². The molecular formula is C17H24N2OS. The Bertz CT molecular complexity index is 534. The second-order valence-electron chi connectivity index (χ2n) is 5.64. The molecule has 1 heterocycles. The van der Waals surface area contributed by atoms with Crippen molar-refractivity contribution >= 4 is 11.3 Å². The summed E-state index contributed by atoms with van der Waals surface area (Å²) in [6.07, 6.45) is 1.09. The molecular weight excluding hydrogens is 280 g/mol. The maximum atomic E-state index is 5.72. The molecule has 0 amide bonds. The molecule has 0 aliphatic heterocycles. The Kier molecular flexibility index (Phi) is 6.21. The number of hydrogen-bond acceptors (Lipinski definition) is 4. The monoisotopic (exact) mass is 304 g/mol. The molecule has 0 unspecified atom stereocenters. The van der Waals surface area contributed by atoms with Gasteiger partial charge in [0.25, 0.3) is 0 Å². The highest BCUT2D eigenvalue weighted by atomic mass is 32.1. The Morgan fingerprint density at radius 1 is 1.19 bits per heavy atom. The van der Waals surface area contributed by atoms with Crippen LogP contribution in [0.1, 0.15) is 36.4 Å². The highest BCUT2D eigenvalue weighted by Gasteiger charge is 2.01. The molecule has 0 aliphatic rings. The van der Waals surface area contributed by atoms with Crippen LogP contribution in [0.5, 0.6) is 5.75 Å². The van der Waals surface area contributed by atoms with Gasteiger partial charge in [-0.1, -0.05) is 26.0 Å². The molecule has 0 saturated heterocycles. The average Bonchev–Trinajstić information content (AvgIpc) is 2.86. The zero-order valence-electron chi connectivity index (χ0n) is 13.1. The van der Waals surface area contributed by atoms with Gasteiger partial charge in [-0.25, -0.2) is 4.98 Å². The first kappa shape index (κ1) is 16.0. The molecule has 4 heteroatoms. The van der Waals surface area contributed by atoms with Crippen LogP contribution in [0.3, 0.4) is 0 Å². The van der Waals surface area contributed by atoms with Crippen molar-refractivity contribution < 1.29 is 4.74 Å². The van der Waals surface area contributed by atoms with Gasteiger partial charge in [-0.2, -0.15) is 0 Å². The van der Waals surface area contributed by atoms with E-state index in [-0.39, 0.29) is 0 Å². The standard InChI is InChI=1S/C17H24N2OS/c1-13(2)8-9-20-16-6-4-15(5-7-16)10-18-11-17-14(3)19-12-21-17/h4-7,12-13,18H,8-11H2,1-3H3. The summed E-state index contributed by atoms with van der Waals surface area (Å²) in [6.45, 7) is 9.01. The van der Waals surface area contributed by atoms with E-state index in [4.69, 9.17) is 4.74 Å². The summed E-state index contributed by atoms with van der Waals surface area (Å²) in [6, 6.07) is 8.35. The van der Waals surface area contributed by atoms with E-state index in [0.29, 0.717) is 5.92 Å².